The number of nitrogens with one attached hydrogen (secondary N) is 1. The second-order valence-electron chi connectivity index (χ2n) is 4.28. The van der Waals surface area contributed by atoms with Crippen molar-refractivity contribution in [3.05, 3.63) is 30.6 Å². The third kappa shape index (κ3) is 3.41. The minimum absolute atomic E-state index is 0.0413. The smallest absolute Gasteiger partial charge is 0.303 e. The maximum atomic E-state index is 11.5. The third-order valence-electron chi connectivity index (χ3n) is 2.70. The van der Waals surface area contributed by atoms with Gasteiger partial charge >= 0.3 is 5.97 Å². The summed E-state index contributed by atoms with van der Waals surface area (Å²) in [7, 11) is 1.84. The molecule has 20 heavy (non-hydrogen) atoms. The van der Waals surface area contributed by atoms with Crippen LogP contribution >= 0.6 is 0 Å². The van der Waals surface area contributed by atoms with Crippen molar-refractivity contribution in [3.63, 3.8) is 0 Å². The van der Waals surface area contributed by atoms with Crippen LogP contribution in [0.2, 0.25) is 0 Å². The molecule has 0 spiro atoms. The van der Waals surface area contributed by atoms with Gasteiger partial charge in [-0.1, -0.05) is 0 Å². The summed E-state index contributed by atoms with van der Waals surface area (Å²) in [6.45, 7) is 0. The van der Waals surface area contributed by atoms with Crippen LogP contribution in [0.15, 0.2) is 30.6 Å². The quantitative estimate of drug-likeness (QED) is 0.856. The van der Waals surface area contributed by atoms with Crippen LogP contribution in [0, 0.1) is 0 Å². The van der Waals surface area contributed by atoms with Crippen LogP contribution in [0.1, 0.15) is 12.8 Å². The van der Waals surface area contributed by atoms with Crippen LogP contribution in [-0.4, -0.2) is 31.7 Å². The van der Waals surface area contributed by atoms with E-state index in [1.54, 1.807) is 23.0 Å². The molecule has 0 aliphatic heterocycles. The lowest BCUT2D eigenvalue weighted by molar-refractivity contribution is -0.138. The van der Waals surface area contributed by atoms with Crippen LogP contribution < -0.4 is 5.32 Å². The van der Waals surface area contributed by atoms with Crippen molar-refractivity contribution in [3.8, 4) is 11.4 Å². The first kappa shape index (κ1) is 13.7. The van der Waals surface area contributed by atoms with Crippen LogP contribution in [0.25, 0.3) is 11.4 Å². The van der Waals surface area contributed by atoms with Gasteiger partial charge in [0, 0.05) is 24.7 Å². The maximum Gasteiger partial charge on any atom is 0.303 e. The maximum absolute atomic E-state index is 11.5. The lowest BCUT2D eigenvalue weighted by Crippen LogP contribution is -2.13. The van der Waals surface area contributed by atoms with Crippen molar-refractivity contribution in [1.82, 2.24) is 14.8 Å². The molecule has 0 radical (unpaired) electrons. The van der Waals surface area contributed by atoms with E-state index in [1.165, 1.54) is 0 Å². The summed E-state index contributed by atoms with van der Waals surface area (Å²) in [5, 5.41) is 18.9. The highest BCUT2D eigenvalue weighted by molar-refractivity contribution is 5.92. The van der Waals surface area contributed by atoms with E-state index in [4.69, 9.17) is 5.11 Å². The summed E-state index contributed by atoms with van der Waals surface area (Å²) in [6.07, 6.45) is 1.39. The molecule has 7 heteroatoms. The standard InChI is InChI=1S/C13H14N4O3/c1-17-8-14-16-13(17)9-2-4-10(5-3-9)15-11(18)6-7-12(19)20/h2-5,8H,6-7H2,1H3,(H,15,18)(H,19,20). The minimum atomic E-state index is -0.988. The van der Waals surface area contributed by atoms with E-state index in [2.05, 4.69) is 15.5 Å². The average molecular weight is 274 g/mol. The van der Waals surface area contributed by atoms with Gasteiger partial charge in [-0.05, 0) is 24.3 Å². The van der Waals surface area contributed by atoms with E-state index < -0.39 is 5.97 Å². The van der Waals surface area contributed by atoms with Crippen molar-refractivity contribution < 1.29 is 14.7 Å². The Bertz CT molecular complexity index is 619. The molecule has 0 unspecified atom stereocenters. The molecule has 0 atom stereocenters. The third-order valence-corrected chi connectivity index (χ3v) is 2.70. The van der Waals surface area contributed by atoms with Crippen molar-refractivity contribution in [1.29, 1.82) is 0 Å². The normalized spacial score (nSPS) is 10.2. The van der Waals surface area contributed by atoms with Gasteiger partial charge in [0.15, 0.2) is 5.82 Å². The van der Waals surface area contributed by atoms with Gasteiger partial charge in [0.25, 0.3) is 0 Å². The molecule has 0 saturated heterocycles. The van der Waals surface area contributed by atoms with E-state index in [9.17, 15) is 9.59 Å². The number of carboxylic acid groups (broad SMARTS) is 1. The molecule has 0 bridgehead atoms. The molecule has 1 heterocycles. The number of aryl methyl sites for hydroxylation is 1. The lowest BCUT2D eigenvalue weighted by Gasteiger charge is -2.05. The Morgan fingerprint density at radius 1 is 1.25 bits per heavy atom. The fourth-order valence-electron chi connectivity index (χ4n) is 1.69. The van der Waals surface area contributed by atoms with E-state index in [0.717, 1.165) is 11.4 Å². The molecule has 0 saturated carbocycles. The molecule has 104 valence electrons. The van der Waals surface area contributed by atoms with Gasteiger partial charge < -0.3 is 15.0 Å². The topological polar surface area (TPSA) is 97.1 Å². The van der Waals surface area contributed by atoms with Crippen molar-refractivity contribution >= 4 is 17.6 Å². The fourth-order valence-corrected chi connectivity index (χ4v) is 1.69. The number of carboxylic acids is 1. The average Bonchev–Trinajstić information content (AvgIpc) is 2.84. The molecule has 2 rings (SSSR count). The minimum Gasteiger partial charge on any atom is -0.481 e. The van der Waals surface area contributed by atoms with Gasteiger partial charge in [-0.15, -0.1) is 10.2 Å². The summed E-state index contributed by atoms with van der Waals surface area (Å²) >= 11 is 0. The number of aliphatic carboxylic acids is 1. The van der Waals surface area contributed by atoms with E-state index in [1.807, 2.05) is 19.2 Å². The van der Waals surface area contributed by atoms with Gasteiger partial charge in [0.1, 0.15) is 6.33 Å². The van der Waals surface area contributed by atoms with Crippen LogP contribution in [0.4, 0.5) is 5.69 Å². The zero-order valence-corrected chi connectivity index (χ0v) is 10.9. The summed E-state index contributed by atoms with van der Waals surface area (Å²) in [5.74, 6) is -0.578. The number of aromatic nitrogens is 3. The van der Waals surface area contributed by atoms with Crippen LogP contribution in [-0.2, 0) is 16.6 Å². The van der Waals surface area contributed by atoms with Crippen molar-refractivity contribution in [2.45, 2.75) is 12.8 Å². The largest absolute Gasteiger partial charge is 0.481 e. The molecule has 0 fully saturated rings. The zero-order valence-electron chi connectivity index (χ0n) is 10.9. The first-order valence-corrected chi connectivity index (χ1v) is 6.02. The summed E-state index contributed by atoms with van der Waals surface area (Å²) in [5.41, 5.74) is 1.50. The van der Waals surface area contributed by atoms with Gasteiger partial charge in [0.2, 0.25) is 5.91 Å². The van der Waals surface area contributed by atoms with Crippen molar-refractivity contribution in [2.75, 3.05) is 5.32 Å². The highest BCUT2D eigenvalue weighted by Crippen LogP contribution is 2.18. The molecule has 7 nitrogen and oxygen atoms in total. The number of nitrogens with zero attached hydrogens (tertiary/aromatic N) is 3. The lowest BCUT2D eigenvalue weighted by atomic mass is 10.2. The van der Waals surface area contributed by atoms with Crippen molar-refractivity contribution in [2.24, 2.45) is 7.05 Å². The molecule has 1 aromatic carbocycles. The highest BCUT2D eigenvalue weighted by Gasteiger charge is 2.07. The Labute approximate surface area is 115 Å². The molecule has 2 N–H and O–H groups in total. The first-order chi connectivity index (χ1) is 9.56. The van der Waals surface area contributed by atoms with Crippen LogP contribution in [0.3, 0.4) is 0 Å². The number of carbonyl (C=O) groups excluding carboxylic acids is 1. The number of carbonyl (C=O) groups is 2. The van der Waals surface area contributed by atoms with E-state index in [-0.39, 0.29) is 18.7 Å². The monoisotopic (exact) mass is 274 g/mol. The fraction of sp³-hybridized carbons (Fsp3) is 0.231. The number of anilines is 1. The Morgan fingerprint density at radius 2 is 1.95 bits per heavy atom. The number of hydrogen-bond acceptors (Lipinski definition) is 4. The predicted octanol–water partition coefficient (Wildman–Crippen LogP) is 1.29. The SMILES string of the molecule is Cn1cnnc1-c1ccc(NC(=O)CCC(=O)O)cc1. The predicted molar refractivity (Wildman–Crippen MR) is 71.9 cm³/mol. The Hall–Kier alpha value is -2.70. The highest BCUT2D eigenvalue weighted by atomic mass is 16.4. The number of benzene rings is 1. The zero-order chi connectivity index (χ0) is 14.5. The van der Waals surface area contributed by atoms with E-state index >= 15 is 0 Å². The Morgan fingerprint density at radius 3 is 2.50 bits per heavy atom. The van der Waals surface area contributed by atoms with Gasteiger partial charge in [-0.3, -0.25) is 9.59 Å². The molecular weight excluding hydrogens is 260 g/mol. The number of rotatable bonds is 5. The number of hydrogen-bond donors (Lipinski definition) is 2. The molecule has 0 aliphatic rings. The van der Waals surface area contributed by atoms with Crippen LogP contribution in [0.5, 0.6) is 0 Å². The second-order valence-corrected chi connectivity index (χ2v) is 4.28. The van der Waals surface area contributed by atoms with Gasteiger partial charge in [0.05, 0.1) is 6.42 Å². The molecule has 1 aromatic heterocycles. The molecular formula is C13H14N4O3. The summed E-state index contributed by atoms with van der Waals surface area (Å²) < 4.78 is 1.79. The summed E-state index contributed by atoms with van der Waals surface area (Å²) in [6, 6.07) is 7.11. The molecule has 2 aromatic rings. The Balaban J connectivity index is 2.00. The first-order valence-electron chi connectivity index (χ1n) is 6.02. The van der Waals surface area contributed by atoms with Gasteiger partial charge in [-0.2, -0.15) is 0 Å². The molecule has 1 amide bonds. The van der Waals surface area contributed by atoms with E-state index in [0.29, 0.717) is 5.69 Å². The van der Waals surface area contributed by atoms with Gasteiger partial charge in [-0.25, -0.2) is 0 Å². The number of amides is 1. The molecule has 0 aliphatic carbocycles. The second kappa shape index (κ2) is 5.96. The Kier molecular flexibility index (Phi) is 4.09. The summed E-state index contributed by atoms with van der Waals surface area (Å²) in [4.78, 5) is 21.9.